The molecule has 0 unspecified atom stereocenters. The largest absolute Gasteiger partial charge is 0.369 e. The van der Waals surface area contributed by atoms with Gasteiger partial charge >= 0.3 is 0 Å². The summed E-state index contributed by atoms with van der Waals surface area (Å²) in [4.78, 5) is 4.15. The molecule has 0 saturated carbocycles. The Labute approximate surface area is 93.1 Å². The Balaban J connectivity index is 0.000000221. The number of hydrogen-bond donors (Lipinski definition) is 2. The molecule has 0 spiro atoms. The number of rotatable bonds is 0. The van der Waals surface area contributed by atoms with E-state index in [1.165, 1.54) is 0 Å². The molecule has 0 saturated heterocycles. The minimum atomic E-state index is -4.69. The first-order valence-corrected chi connectivity index (χ1v) is 5.35. The molecule has 1 aromatic heterocycles. The summed E-state index contributed by atoms with van der Waals surface area (Å²) >= 11 is 0. The maximum absolute atomic E-state index is 8.60. The third-order valence-electron chi connectivity index (χ3n) is 1.82. The maximum Gasteiger partial charge on any atom is 0.200 e. The average molecular weight is 248 g/mol. The molecule has 0 bridgehead atoms. The zero-order valence-corrected chi connectivity index (χ0v) is 9.09. The Hall–Kier alpha value is -1.38. The molecule has 2 aromatic rings. The van der Waals surface area contributed by atoms with Gasteiger partial charge in [-0.2, -0.15) is 14.0 Å². The highest BCUT2D eigenvalue weighted by molar-refractivity contribution is 5.77. The second-order valence-electron chi connectivity index (χ2n) is 2.91. The smallest absolute Gasteiger partial charge is 0.200 e. The predicted molar refractivity (Wildman–Crippen MR) is 47.3 cm³/mol. The molecule has 0 atom stereocenters. The van der Waals surface area contributed by atoms with Crippen molar-refractivity contribution >= 4 is 17.0 Å². The van der Waals surface area contributed by atoms with Crippen LogP contribution < -0.4 is 19.7 Å². The molecule has 0 aliphatic heterocycles. The Morgan fingerprint density at radius 1 is 1.31 bits per heavy atom. The fraction of sp³-hybridized carbons (Fsp3) is 0.125. The Morgan fingerprint density at radius 3 is 2.31 bits per heavy atom. The lowest BCUT2D eigenvalue weighted by Crippen LogP contribution is -2.58. The van der Waals surface area contributed by atoms with Crippen molar-refractivity contribution in [1.82, 2.24) is 9.55 Å². The molecule has 0 radical (unpaired) electrons. The van der Waals surface area contributed by atoms with Gasteiger partial charge in [0.1, 0.15) is 0 Å². The first kappa shape index (κ1) is 12.7. The summed E-state index contributed by atoms with van der Waals surface area (Å²) in [5, 5.41) is 0. The van der Waals surface area contributed by atoms with Gasteiger partial charge in [-0.25, -0.2) is 4.98 Å². The van der Waals surface area contributed by atoms with Crippen molar-refractivity contribution in [2.24, 2.45) is 7.05 Å². The highest BCUT2D eigenvalue weighted by Gasteiger charge is 2.01. The topological polar surface area (TPSA) is 133 Å². The van der Waals surface area contributed by atoms with E-state index in [4.69, 9.17) is 24.4 Å². The zero-order valence-electron chi connectivity index (χ0n) is 8.33. The number of para-hydroxylation sites is 2. The number of nitrogens with two attached hydrogens (primary N) is 1. The summed E-state index contributed by atoms with van der Waals surface area (Å²) in [6, 6.07) is 7.88. The summed E-state index contributed by atoms with van der Waals surface area (Å²) in [6.07, 6.45) is 0. The van der Waals surface area contributed by atoms with Crippen molar-refractivity contribution < 1.29 is 28.9 Å². The van der Waals surface area contributed by atoms with Crippen LogP contribution in [0.1, 0.15) is 0 Å². The number of hydrogen-bond acceptors (Lipinski definition) is 6. The number of nitrogens with zero attached hydrogens (tertiary/aromatic N) is 2. The normalized spacial score (nSPS) is 11.1. The molecular weight excluding hydrogens is 238 g/mol. The summed E-state index contributed by atoms with van der Waals surface area (Å²) in [5.41, 5.74) is 7.63. The molecular formula is C8H10ClN3O4. The molecule has 1 aromatic carbocycles. The summed E-state index contributed by atoms with van der Waals surface area (Å²) in [7, 11) is -2.79. The predicted octanol–water partition coefficient (Wildman–Crippen LogP) is -2.97. The van der Waals surface area contributed by atoms with Gasteiger partial charge in [-0.3, -0.25) is 0 Å². The van der Waals surface area contributed by atoms with Crippen molar-refractivity contribution in [3.05, 3.63) is 24.3 Å². The van der Waals surface area contributed by atoms with E-state index >= 15 is 0 Å². The summed E-state index contributed by atoms with van der Waals surface area (Å²) in [5.74, 6) is 0.561. The third kappa shape index (κ3) is 3.65. The van der Waals surface area contributed by atoms with Crippen LogP contribution in [0.15, 0.2) is 24.3 Å². The Bertz CT molecular complexity index is 474. The number of imidazole rings is 1. The van der Waals surface area contributed by atoms with Gasteiger partial charge in [0, 0.05) is 7.05 Å². The van der Waals surface area contributed by atoms with Crippen molar-refractivity contribution in [3.63, 3.8) is 0 Å². The number of benzene rings is 1. The second kappa shape index (κ2) is 4.64. The van der Waals surface area contributed by atoms with Crippen LogP contribution in [0.2, 0.25) is 0 Å². The molecule has 2 rings (SSSR count). The molecule has 7 nitrogen and oxygen atoms in total. The molecule has 3 N–H and O–H groups in total. The maximum atomic E-state index is 8.60. The first-order valence-electron chi connectivity index (χ1n) is 4.09. The standard InChI is InChI=1S/C8H9N3.ClHO4/c1-11-7-5-3-2-4-6(7)10-8(11)9;2-1(3,4)5/h2-5H,1H3,(H2,9,10);(H,2,3,4,5). The van der Waals surface area contributed by atoms with Gasteiger partial charge in [0.05, 0.1) is 25.9 Å². The minimum absolute atomic E-state index is 0.561. The van der Waals surface area contributed by atoms with Gasteiger partial charge in [-0.1, -0.05) is 12.1 Å². The highest BCUT2D eigenvalue weighted by atomic mass is 35.7. The minimum Gasteiger partial charge on any atom is -0.369 e. The van der Waals surface area contributed by atoms with Gasteiger partial charge < -0.3 is 10.3 Å². The molecule has 16 heavy (non-hydrogen) atoms. The molecule has 1 heterocycles. The van der Waals surface area contributed by atoms with Crippen molar-refractivity contribution in [2.45, 2.75) is 0 Å². The van der Waals surface area contributed by atoms with Gasteiger partial charge in [0.15, 0.2) is 0 Å². The van der Waals surface area contributed by atoms with E-state index in [0.29, 0.717) is 5.95 Å². The molecule has 8 heteroatoms. The number of aromatic nitrogens is 2. The van der Waals surface area contributed by atoms with Gasteiger partial charge in [-0.05, 0) is 12.1 Å². The van der Waals surface area contributed by atoms with E-state index < -0.39 is 10.2 Å². The van der Waals surface area contributed by atoms with Crippen LogP contribution in [0.25, 0.3) is 11.0 Å². The first-order chi connectivity index (χ1) is 7.29. The molecule has 0 fully saturated rings. The van der Waals surface area contributed by atoms with Crippen LogP contribution in [0.4, 0.5) is 5.95 Å². The molecule has 88 valence electrons. The van der Waals surface area contributed by atoms with E-state index in [0.717, 1.165) is 11.0 Å². The molecule has 0 amide bonds. The van der Waals surface area contributed by atoms with Crippen molar-refractivity contribution in [1.29, 1.82) is 0 Å². The number of aryl methyl sites for hydroxylation is 1. The van der Waals surface area contributed by atoms with Gasteiger partial charge in [-0.15, -0.1) is 0 Å². The monoisotopic (exact) mass is 247 g/mol. The number of fused-ring (bicyclic) bond motifs is 1. The number of anilines is 1. The molecule has 0 aliphatic carbocycles. The van der Waals surface area contributed by atoms with Crippen LogP contribution in [0.5, 0.6) is 0 Å². The van der Waals surface area contributed by atoms with Crippen LogP contribution in [-0.2, 0) is 7.05 Å². The van der Waals surface area contributed by atoms with E-state index in [1.807, 2.05) is 35.9 Å². The zero-order chi connectivity index (χ0) is 12.3. The van der Waals surface area contributed by atoms with Crippen LogP contribution >= 0.6 is 0 Å². The second-order valence-corrected chi connectivity index (χ2v) is 3.71. The van der Waals surface area contributed by atoms with E-state index in [9.17, 15) is 0 Å². The number of nitrogen functional groups attached to an aromatic ring is 1. The van der Waals surface area contributed by atoms with E-state index in [-0.39, 0.29) is 0 Å². The lowest BCUT2D eigenvalue weighted by molar-refractivity contribution is -1.92. The fourth-order valence-corrected chi connectivity index (χ4v) is 1.16. The fourth-order valence-electron chi connectivity index (χ4n) is 1.16. The molecule has 0 aliphatic rings. The third-order valence-corrected chi connectivity index (χ3v) is 1.82. The average Bonchev–Trinajstić information content (AvgIpc) is 2.41. The van der Waals surface area contributed by atoms with E-state index in [2.05, 4.69) is 4.98 Å². The lowest BCUT2D eigenvalue weighted by Gasteiger charge is -2.03. The van der Waals surface area contributed by atoms with Gasteiger partial charge in [0.2, 0.25) is 5.95 Å². The Kier molecular flexibility index (Phi) is 3.68. The number of halogens is 1. The highest BCUT2D eigenvalue weighted by Crippen LogP contribution is 2.14. The van der Waals surface area contributed by atoms with Crippen LogP contribution in [-0.4, -0.2) is 14.2 Å². The van der Waals surface area contributed by atoms with Crippen LogP contribution in [0.3, 0.4) is 0 Å². The summed E-state index contributed by atoms with van der Waals surface area (Å²) < 4.78 is 34.6. The van der Waals surface area contributed by atoms with Crippen molar-refractivity contribution in [3.8, 4) is 0 Å². The van der Waals surface area contributed by atoms with E-state index in [1.54, 1.807) is 0 Å². The SMILES string of the molecule is Cn1c(N)nc2ccccc21.[O-][Cl+3]([O-])([O-])O. The Morgan fingerprint density at radius 2 is 1.81 bits per heavy atom. The van der Waals surface area contributed by atoms with Crippen LogP contribution in [0, 0.1) is 10.2 Å². The quantitative estimate of drug-likeness (QED) is 0.511. The lowest BCUT2D eigenvalue weighted by atomic mass is 10.3. The van der Waals surface area contributed by atoms with Crippen molar-refractivity contribution in [2.75, 3.05) is 5.73 Å². The summed E-state index contributed by atoms with van der Waals surface area (Å²) in [6.45, 7) is 0. The van der Waals surface area contributed by atoms with Gasteiger partial charge in [0.25, 0.3) is 0 Å².